The van der Waals surface area contributed by atoms with Gasteiger partial charge in [-0.25, -0.2) is 9.98 Å². The van der Waals surface area contributed by atoms with Crippen LogP contribution in [-0.4, -0.2) is 42.4 Å². The fourth-order valence-electron chi connectivity index (χ4n) is 0.675. The number of methoxy groups -OCH3 is 1. The molecule has 0 saturated carbocycles. The van der Waals surface area contributed by atoms with E-state index in [2.05, 4.69) is 15.0 Å². The highest BCUT2D eigenvalue weighted by Gasteiger charge is 1.94. The first-order valence-electron chi connectivity index (χ1n) is 3.80. The maximum atomic E-state index is 4.92. The van der Waals surface area contributed by atoms with Crippen molar-refractivity contribution >= 4 is 12.3 Å². The normalized spacial score (nSPS) is 10.4. The lowest BCUT2D eigenvalue weighted by molar-refractivity contribution is 0.397. The number of rotatable bonds is 3. The van der Waals surface area contributed by atoms with Gasteiger partial charge in [-0.05, 0) is 0 Å². The molecule has 1 aromatic rings. The molecule has 0 atom stereocenters. The predicted molar refractivity (Wildman–Crippen MR) is 50.4 cm³/mol. The lowest BCUT2D eigenvalue weighted by Crippen LogP contribution is -2.07. The Labute approximate surface area is 77.1 Å². The molecule has 0 spiro atoms. The lowest BCUT2D eigenvalue weighted by Gasteiger charge is -2.01. The zero-order valence-corrected chi connectivity index (χ0v) is 7.93. The molecule has 0 amide bonds. The molecule has 13 heavy (non-hydrogen) atoms. The minimum Gasteiger partial charge on any atom is -0.481 e. The Kier molecular flexibility index (Phi) is 3.19. The molecule has 0 fully saturated rings. The van der Waals surface area contributed by atoms with Crippen LogP contribution in [0.2, 0.25) is 0 Å². The zero-order chi connectivity index (χ0) is 9.68. The largest absolute Gasteiger partial charge is 0.481 e. The topological polar surface area (TPSA) is 50.6 Å². The van der Waals surface area contributed by atoms with Crippen LogP contribution in [-0.2, 0) is 0 Å². The van der Waals surface area contributed by atoms with Crippen LogP contribution in [0.4, 0.5) is 5.95 Å². The van der Waals surface area contributed by atoms with Gasteiger partial charge in [-0.2, -0.15) is 4.98 Å². The molecule has 1 rings (SSSR count). The average molecular weight is 180 g/mol. The molecular weight excluding hydrogens is 168 g/mol. The SMILES string of the molecule is COc1ccnc(/N=C/N(C)C)n1. The van der Waals surface area contributed by atoms with Crippen LogP contribution in [0.25, 0.3) is 0 Å². The van der Waals surface area contributed by atoms with E-state index in [1.165, 1.54) is 0 Å². The minimum absolute atomic E-state index is 0.396. The standard InChI is InChI=1S/C8H12N4O/c1-12(2)6-10-8-9-5-4-7(11-8)13-3/h4-6H,1-3H3/b10-6+. The third-order valence-electron chi connectivity index (χ3n) is 1.23. The molecule has 1 aromatic heterocycles. The highest BCUT2D eigenvalue weighted by molar-refractivity contribution is 5.57. The van der Waals surface area contributed by atoms with E-state index in [-0.39, 0.29) is 0 Å². The summed E-state index contributed by atoms with van der Waals surface area (Å²) in [5.74, 6) is 0.911. The Morgan fingerprint density at radius 1 is 1.54 bits per heavy atom. The summed E-state index contributed by atoms with van der Waals surface area (Å²) in [4.78, 5) is 13.8. The summed E-state index contributed by atoms with van der Waals surface area (Å²) in [6, 6.07) is 1.68. The molecule has 0 aliphatic rings. The van der Waals surface area contributed by atoms with Crippen LogP contribution in [0.1, 0.15) is 0 Å². The summed E-state index contributed by atoms with van der Waals surface area (Å²) in [6.45, 7) is 0. The lowest BCUT2D eigenvalue weighted by atomic mass is 10.6. The van der Waals surface area contributed by atoms with Gasteiger partial charge in [0.15, 0.2) is 0 Å². The summed E-state index contributed by atoms with van der Waals surface area (Å²) >= 11 is 0. The summed E-state index contributed by atoms with van der Waals surface area (Å²) < 4.78 is 4.92. The van der Waals surface area contributed by atoms with Crippen molar-refractivity contribution in [1.29, 1.82) is 0 Å². The number of nitrogens with zero attached hydrogens (tertiary/aromatic N) is 4. The summed E-state index contributed by atoms with van der Waals surface area (Å²) in [5, 5.41) is 0. The van der Waals surface area contributed by atoms with Gasteiger partial charge < -0.3 is 9.64 Å². The molecular formula is C8H12N4O. The first-order valence-corrected chi connectivity index (χ1v) is 3.80. The molecule has 0 aromatic carbocycles. The maximum absolute atomic E-state index is 4.92. The quantitative estimate of drug-likeness (QED) is 0.507. The van der Waals surface area contributed by atoms with Gasteiger partial charge in [0.2, 0.25) is 5.88 Å². The molecule has 0 bridgehead atoms. The number of aromatic nitrogens is 2. The Balaban J connectivity index is 2.77. The van der Waals surface area contributed by atoms with Gasteiger partial charge in [-0.3, -0.25) is 0 Å². The van der Waals surface area contributed by atoms with Crippen molar-refractivity contribution in [1.82, 2.24) is 14.9 Å². The third-order valence-corrected chi connectivity index (χ3v) is 1.23. The highest BCUT2D eigenvalue weighted by Crippen LogP contribution is 2.08. The average Bonchev–Trinajstić information content (AvgIpc) is 2.15. The van der Waals surface area contributed by atoms with E-state index < -0.39 is 0 Å². The smallest absolute Gasteiger partial charge is 0.254 e. The van der Waals surface area contributed by atoms with Crippen LogP contribution in [0.3, 0.4) is 0 Å². The number of hydrogen-bond acceptors (Lipinski definition) is 4. The van der Waals surface area contributed by atoms with Gasteiger partial charge >= 0.3 is 0 Å². The van der Waals surface area contributed by atoms with Crippen molar-refractivity contribution < 1.29 is 4.74 Å². The van der Waals surface area contributed by atoms with E-state index in [9.17, 15) is 0 Å². The van der Waals surface area contributed by atoms with E-state index in [0.717, 1.165) is 0 Å². The third kappa shape index (κ3) is 3.06. The molecule has 70 valence electrons. The number of aliphatic imine (C=N–C) groups is 1. The highest BCUT2D eigenvalue weighted by atomic mass is 16.5. The Hall–Kier alpha value is -1.65. The van der Waals surface area contributed by atoms with Crippen molar-refractivity contribution in [2.75, 3.05) is 21.2 Å². The second-order valence-electron chi connectivity index (χ2n) is 2.61. The zero-order valence-electron chi connectivity index (χ0n) is 7.93. The predicted octanol–water partition coefficient (Wildman–Crippen LogP) is 0.707. The van der Waals surface area contributed by atoms with Gasteiger partial charge in [0.05, 0.1) is 13.4 Å². The molecule has 5 nitrogen and oxygen atoms in total. The van der Waals surface area contributed by atoms with Gasteiger partial charge in [-0.1, -0.05) is 0 Å². The Morgan fingerprint density at radius 3 is 2.92 bits per heavy atom. The second kappa shape index (κ2) is 4.39. The van der Waals surface area contributed by atoms with E-state index >= 15 is 0 Å². The molecule has 0 radical (unpaired) electrons. The molecule has 5 heteroatoms. The van der Waals surface area contributed by atoms with Gasteiger partial charge in [0.25, 0.3) is 5.95 Å². The fourth-order valence-corrected chi connectivity index (χ4v) is 0.675. The molecule has 0 aliphatic carbocycles. The molecule has 0 N–H and O–H groups in total. The number of hydrogen-bond donors (Lipinski definition) is 0. The fraction of sp³-hybridized carbons (Fsp3) is 0.375. The first-order chi connectivity index (χ1) is 6.22. The van der Waals surface area contributed by atoms with Gasteiger partial charge in [0.1, 0.15) is 0 Å². The summed E-state index contributed by atoms with van der Waals surface area (Å²) in [7, 11) is 5.31. The van der Waals surface area contributed by atoms with Gasteiger partial charge in [-0.15, -0.1) is 0 Å². The van der Waals surface area contributed by atoms with Crippen molar-refractivity contribution in [3.05, 3.63) is 12.3 Å². The van der Waals surface area contributed by atoms with Crippen LogP contribution < -0.4 is 4.74 Å². The van der Waals surface area contributed by atoms with E-state index in [4.69, 9.17) is 4.74 Å². The van der Waals surface area contributed by atoms with Crippen molar-refractivity contribution in [2.24, 2.45) is 4.99 Å². The summed E-state index contributed by atoms with van der Waals surface area (Å²) in [5.41, 5.74) is 0. The summed E-state index contributed by atoms with van der Waals surface area (Å²) in [6.07, 6.45) is 3.24. The van der Waals surface area contributed by atoms with Gasteiger partial charge in [0, 0.05) is 26.4 Å². The number of ether oxygens (including phenoxy) is 1. The Bertz CT molecular complexity index is 298. The van der Waals surface area contributed by atoms with Crippen molar-refractivity contribution in [3.8, 4) is 5.88 Å². The second-order valence-corrected chi connectivity index (χ2v) is 2.61. The molecule has 0 aliphatic heterocycles. The molecule has 0 saturated heterocycles. The van der Waals surface area contributed by atoms with Crippen molar-refractivity contribution in [3.63, 3.8) is 0 Å². The Morgan fingerprint density at radius 2 is 2.31 bits per heavy atom. The monoisotopic (exact) mass is 180 g/mol. The molecule has 1 heterocycles. The van der Waals surface area contributed by atoms with Crippen LogP contribution in [0, 0.1) is 0 Å². The van der Waals surface area contributed by atoms with Crippen LogP contribution in [0.5, 0.6) is 5.88 Å². The minimum atomic E-state index is 0.396. The van der Waals surface area contributed by atoms with Crippen molar-refractivity contribution in [2.45, 2.75) is 0 Å². The van der Waals surface area contributed by atoms with E-state index in [1.54, 1.807) is 25.7 Å². The maximum Gasteiger partial charge on any atom is 0.254 e. The first kappa shape index (κ1) is 9.44. The molecule has 0 unspecified atom stereocenters. The van der Waals surface area contributed by atoms with Crippen LogP contribution >= 0.6 is 0 Å². The van der Waals surface area contributed by atoms with E-state index in [1.807, 2.05) is 19.0 Å². The van der Waals surface area contributed by atoms with E-state index in [0.29, 0.717) is 11.8 Å². The van der Waals surface area contributed by atoms with Crippen LogP contribution in [0.15, 0.2) is 17.3 Å².